The quantitative estimate of drug-likeness (QED) is 0.410. The van der Waals surface area contributed by atoms with E-state index in [4.69, 9.17) is 15.8 Å². The van der Waals surface area contributed by atoms with Gasteiger partial charge in [-0.1, -0.05) is 49.3 Å². The molecule has 1 aliphatic rings. The summed E-state index contributed by atoms with van der Waals surface area (Å²) < 4.78 is 29.9. The van der Waals surface area contributed by atoms with Gasteiger partial charge in [0.1, 0.15) is 10.6 Å². The van der Waals surface area contributed by atoms with Crippen LogP contribution in [0.5, 0.6) is 5.75 Å². The highest BCUT2D eigenvalue weighted by atomic mass is 35.5. The van der Waals surface area contributed by atoms with Gasteiger partial charge in [0.05, 0.1) is 11.5 Å². The van der Waals surface area contributed by atoms with Gasteiger partial charge >= 0.3 is 10.1 Å². The molecule has 1 atom stereocenters. The van der Waals surface area contributed by atoms with E-state index in [0.717, 1.165) is 0 Å². The Kier molecular flexibility index (Phi) is 6.61. The molecular formula is C19H18ClN3O4S2. The molecule has 2 aromatic rings. The van der Waals surface area contributed by atoms with Gasteiger partial charge in [-0.2, -0.15) is 13.5 Å². The Bertz CT molecular complexity index is 1070. The molecule has 0 saturated carbocycles. The monoisotopic (exact) mass is 451 g/mol. The number of hydrogen-bond donors (Lipinski definition) is 1. The highest BCUT2D eigenvalue weighted by Gasteiger charge is 2.32. The second kappa shape index (κ2) is 8.98. The third-order valence-electron chi connectivity index (χ3n) is 3.85. The van der Waals surface area contributed by atoms with Gasteiger partial charge in [0.25, 0.3) is 0 Å². The second-order valence-corrected chi connectivity index (χ2v) is 9.60. The van der Waals surface area contributed by atoms with Crippen molar-refractivity contribution in [2.75, 3.05) is 0 Å². The van der Waals surface area contributed by atoms with Crippen LogP contribution in [0.3, 0.4) is 0 Å². The minimum atomic E-state index is -3.98. The molecule has 1 aliphatic heterocycles. The van der Waals surface area contributed by atoms with Crippen LogP contribution in [0, 0.1) is 5.92 Å². The summed E-state index contributed by atoms with van der Waals surface area (Å²) in [7, 11) is -3.98. The number of carbonyl (C=O) groups excluding carboxylic acids is 1. The van der Waals surface area contributed by atoms with E-state index in [1.807, 2.05) is 13.8 Å². The highest BCUT2D eigenvalue weighted by Crippen LogP contribution is 2.26. The number of amides is 1. The van der Waals surface area contributed by atoms with E-state index in [0.29, 0.717) is 15.8 Å². The van der Waals surface area contributed by atoms with E-state index >= 15 is 0 Å². The predicted molar refractivity (Wildman–Crippen MR) is 115 cm³/mol. The molecule has 1 N–H and O–H groups in total. The van der Waals surface area contributed by atoms with Crippen LogP contribution in [0.15, 0.2) is 63.6 Å². The fourth-order valence-electron chi connectivity index (χ4n) is 2.44. The lowest BCUT2D eigenvalue weighted by Crippen LogP contribution is -2.27. The molecule has 10 heteroatoms. The van der Waals surface area contributed by atoms with Gasteiger partial charge in [0, 0.05) is 5.02 Å². The first kappa shape index (κ1) is 21.4. The van der Waals surface area contributed by atoms with Gasteiger partial charge in [0.15, 0.2) is 5.17 Å². The van der Waals surface area contributed by atoms with Crippen molar-refractivity contribution in [3.63, 3.8) is 0 Å². The molecule has 0 aliphatic carbocycles. The van der Waals surface area contributed by atoms with Crippen molar-refractivity contribution < 1.29 is 17.4 Å². The standard InChI is InChI=1S/C19H18ClN3O4S2/c1-12(2)17-18(24)22-19(28-17)23-21-11-13-4-3-5-15(10-13)27-29(25,26)16-8-6-14(20)7-9-16/h3-12,17H,1-2H3,(H,22,23,24)/b21-11-/t17-/m0/s1. The fourth-order valence-corrected chi connectivity index (χ4v) is 4.42. The fraction of sp³-hybridized carbons (Fsp3) is 0.211. The van der Waals surface area contributed by atoms with Crippen LogP contribution in [0.25, 0.3) is 0 Å². The average Bonchev–Trinajstić information content (AvgIpc) is 3.03. The van der Waals surface area contributed by atoms with E-state index in [1.165, 1.54) is 54.4 Å². The molecule has 0 spiro atoms. The highest BCUT2D eigenvalue weighted by molar-refractivity contribution is 8.15. The molecule has 0 radical (unpaired) electrons. The summed E-state index contributed by atoms with van der Waals surface area (Å²) in [5, 5.41) is 11.3. The van der Waals surface area contributed by atoms with E-state index in [-0.39, 0.29) is 27.7 Å². The number of carbonyl (C=O) groups is 1. The van der Waals surface area contributed by atoms with Crippen LogP contribution in [-0.4, -0.2) is 31.0 Å². The Balaban J connectivity index is 1.70. The summed E-state index contributed by atoms with van der Waals surface area (Å²) in [4.78, 5) is 11.8. The molecule has 7 nitrogen and oxygen atoms in total. The molecular weight excluding hydrogens is 434 g/mol. The predicted octanol–water partition coefficient (Wildman–Crippen LogP) is 3.69. The van der Waals surface area contributed by atoms with Crippen LogP contribution in [0.1, 0.15) is 19.4 Å². The molecule has 0 bridgehead atoms. The number of halogens is 1. The van der Waals surface area contributed by atoms with Crippen LogP contribution >= 0.6 is 23.4 Å². The average molecular weight is 452 g/mol. The Labute approximate surface area is 178 Å². The van der Waals surface area contributed by atoms with Crippen LogP contribution < -0.4 is 9.50 Å². The summed E-state index contributed by atoms with van der Waals surface area (Å²) in [5.74, 6) is 0.245. The third-order valence-corrected chi connectivity index (χ3v) is 6.79. The summed E-state index contributed by atoms with van der Waals surface area (Å²) in [5.41, 5.74) is 0.591. The first-order chi connectivity index (χ1) is 13.7. The maximum atomic E-state index is 12.4. The molecule has 1 saturated heterocycles. The molecule has 0 aromatic heterocycles. The number of rotatable bonds is 6. The van der Waals surface area contributed by atoms with E-state index in [2.05, 4.69) is 15.5 Å². The van der Waals surface area contributed by atoms with E-state index in [9.17, 15) is 13.2 Å². The van der Waals surface area contributed by atoms with Crippen molar-refractivity contribution in [2.24, 2.45) is 16.1 Å². The van der Waals surface area contributed by atoms with Crippen molar-refractivity contribution in [3.8, 4) is 5.75 Å². The lowest BCUT2D eigenvalue weighted by atomic mass is 10.1. The zero-order chi connectivity index (χ0) is 21.0. The van der Waals surface area contributed by atoms with Crippen molar-refractivity contribution in [1.82, 2.24) is 5.32 Å². The van der Waals surface area contributed by atoms with Crippen LogP contribution in [0.4, 0.5) is 0 Å². The molecule has 0 unspecified atom stereocenters. The summed E-state index contributed by atoms with van der Waals surface area (Å²) >= 11 is 7.12. The summed E-state index contributed by atoms with van der Waals surface area (Å²) in [6.45, 7) is 3.93. The van der Waals surface area contributed by atoms with Gasteiger partial charge in [-0.3, -0.25) is 4.79 Å². The number of hydrogen-bond acceptors (Lipinski definition) is 7. The van der Waals surface area contributed by atoms with Crippen molar-refractivity contribution in [3.05, 3.63) is 59.1 Å². The van der Waals surface area contributed by atoms with Gasteiger partial charge in [-0.25, -0.2) is 0 Å². The largest absolute Gasteiger partial charge is 0.379 e. The van der Waals surface area contributed by atoms with Gasteiger partial charge < -0.3 is 9.50 Å². The lowest BCUT2D eigenvalue weighted by Gasteiger charge is -2.07. The van der Waals surface area contributed by atoms with Crippen LogP contribution in [-0.2, 0) is 14.9 Å². The van der Waals surface area contributed by atoms with Gasteiger partial charge in [-0.05, 0) is 47.9 Å². The van der Waals surface area contributed by atoms with Crippen molar-refractivity contribution in [2.45, 2.75) is 24.0 Å². The van der Waals surface area contributed by atoms with Gasteiger partial charge in [-0.15, -0.1) is 5.10 Å². The number of amidine groups is 1. The van der Waals surface area contributed by atoms with Crippen molar-refractivity contribution in [1.29, 1.82) is 0 Å². The summed E-state index contributed by atoms with van der Waals surface area (Å²) in [6.07, 6.45) is 1.45. The minimum Gasteiger partial charge on any atom is -0.379 e. The molecule has 1 fully saturated rings. The molecule has 3 rings (SSSR count). The molecule has 152 valence electrons. The lowest BCUT2D eigenvalue weighted by molar-refractivity contribution is -0.119. The zero-order valence-corrected chi connectivity index (χ0v) is 18.0. The SMILES string of the molecule is CC(C)[C@@H]1S/C(=N\N=C/c2cccc(OS(=O)(=O)c3ccc(Cl)cc3)c2)NC1=O. The number of benzene rings is 2. The second-order valence-electron chi connectivity index (χ2n) is 6.49. The van der Waals surface area contributed by atoms with Crippen molar-refractivity contribution >= 4 is 50.8 Å². The first-order valence-corrected chi connectivity index (χ1v) is 11.3. The Morgan fingerprint density at radius 2 is 1.93 bits per heavy atom. The maximum Gasteiger partial charge on any atom is 0.339 e. The van der Waals surface area contributed by atoms with E-state index in [1.54, 1.807) is 12.1 Å². The first-order valence-electron chi connectivity index (χ1n) is 8.63. The summed E-state index contributed by atoms with van der Waals surface area (Å²) in [6, 6.07) is 12.1. The van der Waals surface area contributed by atoms with E-state index < -0.39 is 10.1 Å². The van der Waals surface area contributed by atoms with Crippen LogP contribution in [0.2, 0.25) is 5.02 Å². The molecule has 29 heavy (non-hydrogen) atoms. The maximum absolute atomic E-state index is 12.4. The topological polar surface area (TPSA) is 97.2 Å². The minimum absolute atomic E-state index is 0.000997. The Morgan fingerprint density at radius 3 is 2.59 bits per heavy atom. The normalized spacial score (nSPS) is 18.6. The van der Waals surface area contributed by atoms with Gasteiger partial charge in [0.2, 0.25) is 5.91 Å². The Hall–Kier alpha value is -2.36. The number of nitrogens with one attached hydrogen (secondary N) is 1. The molecule has 1 heterocycles. The molecule has 2 aromatic carbocycles. The Morgan fingerprint density at radius 1 is 1.21 bits per heavy atom. The number of nitrogens with zero attached hydrogens (tertiary/aromatic N) is 2. The molecule has 1 amide bonds. The zero-order valence-electron chi connectivity index (χ0n) is 15.6. The number of thioether (sulfide) groups is 1. The smallest absolute Gasteiger partial charge is 0.339 e. The third kappa shape index (κ3) is 5.59.